The fourth-order valence-corrected chi connectivity index (χ4v) is 2.64. The molecule has 1 aliphatic rings. The third kappa shape index (κ3) is 4.00. The van der Waals surface area contributed by atoms with Crippen LogP contribution in [-0.2, 0) is 0 Å². The zero-order valence-electron chi connectivity index (χ0n) is 10.2. The van der Waals surface area contributed by atoms with Crippen LogP contribution >= 0.6 is 0 Å². The van der Waals surface area contributed by atoms with Gasteiger partial charge in [0.05, 0.1) is 0 Å². The van der Waals surface area contributed by atoms with Gasteiger partial charge in [-0.25, -0.2) is 0 Å². The second kappa shape index (κ2) is 6.44. The molecule has 1 fully saturated rings. The number of hydrogen-bond acceptors (Lipinski definition) is 1. The van der Waals surface area contributed by atoms with Gasteiger partial charge >= 0.3 is 0 Å². The Kier molecular flexibility index (Phi) is 5.54. The number of hydrogen-bond donors (Lipinski definition) is 1. The normalized spacial score (nSPS) is 22.5. The first-order valence-electron chi connectivity index (χ1n) is 6.50. The van der Waals surface area contributed by atoms with Crippen LogP contribution in [0.2, 0.25) is 0 Å². The molecule has 1 N–H and O–H groups in total. The smallest absolute Gasteiger partial charge is 0.00694 e. The van der Waals surface area contributed by atoms with Crippen LogP contribution in [-0.4, -0.2) is 12.1 Å². The molecule has 0 radical (unpaired) electrons. The molecule has 0 amide bonds. The molecule has 0 aromatic rings. The molecule has 0 heterocycles. The highest BCUT2D eigenvalue weighted by molar-refractivity contribution is 4.79. The first kappa shape index (κ1) is 12.0. The fraction of sp³-hybridized carbons (Fsp3) is 1.00. The topological polar surface area (TPSA) is 12.0 Å². The third-order valence-corrected chi connectivity index (χ3v) is 3.65. The highest BCUT2D eigenvalue weighted by Gasteiger charge is 2.21. The summed E-state index contributed by atoms with van der Waals surface area (Å²) in [5.74, 6) is 0.957. The molecule has 0 aromatic heterocycles. The van der Waals surface area contributed by atoms with E-state index in [2.05, 4.69) is 26.1 Å². The summed E-state index contributed by atoms with van der Waals surface area (Å²) in [6.07, 6.45) is 9.85. The van der Waals surface area contributed by atoms with Crippen molar-refractivity contribution in [2.45, 2.75) is 77.8 Å². The zero-order chi connectivity index (χ0) is 10.4. The minimum Gasteiger partial charge on any atom is -0.312 e. The van der Waals surface area contributed by atoms with Gasteiger partial charge in [-0.1, -0.05) is 32.6 Å². The van der Waals surface area contributed by atoms with Crippen molar-refractivity contribution in [1.29, 1.82) is 0 Å². The second-order valence-corrected chi connectivity index (χ2v) is 5.04. The van der Waals surface area contributed by atoms with Gasteiger partial charge < -0.3 is 5.32 Å². The van der Waals surface area contributed by atoms with Gasteiger partial charge in [-0.05, 0) is 39.0 Å². The summed E-state index contributed by atoms with van der Waals surface area (Å²) < 4.78 is 0. The van der Waals surface area contributed by atoms with E-state index >= 15 is 0 Å². The lowest BCUT2D eigenvalue weighted by molar-refractivity contribution is 0.338. The van der Waals surface area contributed by atoms with Crippen molar-refractivity contribution >= 4 is 0 Å². The van der Waals surface area contributed by atoms with Gasteiger partial charge in [0, 0.05) is 12.1 Å². The van der Waals surface area contributed by atoms with E-state index in [9.17, 15) is 0 Å². The standard InChI is InChI=1S/C13H27N/c1-4-5-8-11(2)14-12(3)13-9-6-7-10-13/h11-14H,4-10H2,1-3H3/t11?,12-/m1/s1. The van der Waals surface area contributed by atoms with Crippen LogP contribution < -0.4 is 5.32 Å². The minimum absolute atomic E-state index is 0.713. The highest BCUT2D eigenvalue weighted by atomic mass is 14.9. The SMILES string of the molecule is CCCCC(C)N[C@H](C)C1CCCC1. The van der Waals surface area contributed by atoms with Gasteiger partial charge in [-0.3, -0.25) is 0 Å². The van der Waals surface area contributed by atoms with Crippen LogP contribution in [0, 0.1) is 5.92 Å². The van der Waals surface area contributed by atoms with Crippen molar-refractivity contribution in [2.24, 2.45) is 5.92 Å². The predicted octanol–water partition coefficient (Wildman–Crippen LogP) is 3.73. The van der Waals surface area contributed by atoms with Crippen molar-refractivity contribution in [3.8, 4) is 0 Å². The first-order valence-corrected chi connectivity index (χ1v) is 6.50. The van der Waals surface area contributed by atoms with Crippen molar-refractivity contribution in [3.05, 3.63) is 0 Å². The summed E-state index contributed by atoms with van der Waals surface area (Å²) >= 11 is 0. The molecule has 14 heavy (non-hydrogen) atoms. The molecule has 0 bridgehead atoms. The molecule has 0 spiro atoms. The van der Waals surface area contributed by atoms with Crippen molar-refractivity contribution in [3.63, 3.8) is 0 Å². The molecule has 0 saturated heterocycles. The maximum absolute atomic E-state index is 3.76. The Balaban J connectivity index is 2.14. The summed E-state index contributed by atoms with van der Waals surface area (Å²) in [7, 11) is 0. The van der Waals surface area contributed by atoms with Crippen LogP contribution in [0.3, 0.4) is 0 Å². The number of nitrogens with one attached hydrogen (secondary N) is 1. The van der Waals surface area contributed by atoms with E-state index in [4.69, 9.17) is 0 Å². The van der Waals surface area contributed by atoms with Crippen molar-refractivity contribution in [2.75, 3.05) is 0 Å². The molecule has 1 nitrogen and oxygen atoms in total. The molecule has 1 saturated carbocycles. The summed E-state index contributed by atoms with van der Waals surface area (Å²) in [5.41, 5.74) is 0. The average Bonchev–Trinajstić information content (AvgIpc) is 2.67. The largest absolute Gasteiger partial charge is 0.312 e. The molecule has 0 aromatic carbocycles. The average molecular weight is 197 g/mol. The maximum atomic E-state index is 3.76. The van der Waals surface area contributed by atoms with Gasteiger partial charge in [-0.15, -0.1) is 0 Å². The van der Waals surface area contributed by atoms with E-state index in [-0.39, 0.29) is 0 Å². The highest BCUT2D eigenvalue weighted by Crippen LogP contribution is 2.27. The molecule has 1 unspecified atom stereocenters. The molecule has 1 aliphatic carbocycles. The lowest BCUT2D eigenvalue weighted by atomic mass is 9.98. The van der Waals surface area contributed by atoms with Crippen LogP contribution in [0.4, 0.5) is 0 Å². The molecule has 1 heteroatoms. The Morgan fingerprint density at radius 1 is 1.21 bits per heavy atom. The summed E-state index contributed by atoms with van der Waals surface area (Å²) in [6.45, 7) is 6.98. The Morgan fingerprint density at radius 2 is 1.86 bits per heavy atom. The summed E-state index contributed by atoms with van der Waals surface area (Å²) in [5, 5.41) is 3.76. The van der Waals surface area contributed by atoms with E-state index in [1.165, 1.54) is 44.9 Å². The Morgan fingerprint density at radius 3 is 2.43 bits per heavy atom. The fourth-order valence-electron chi connectivity index (χ4n) is 2.64. The quantitative estimate of drug-likeness (QED) is 0.684. The van der Waals surface area contributed by atoms with Gasteiger partial charge in [0.2, 0.25) is 0 Å². The second-order valence-electron chi connectivity index (χ2n) is 5.04. The molecule has 84 valence electrons. The molecule has 2 atom stereocenters. The van der Waals surface area contributed by atoms with E-state index < -0.39 is 0 Å². The summed E-state index contributed by atoms with van der Waals surface area (Å²) in [6, 6.07) is 1.45. The lowest BCUT2D eigenvalue weighted by Crippen LogP contribution is -2.38. The minimum atomic E-state index is 0.713. The van der Waals surface area contributed by atoms with E-state index in [0.717, 1.165) is 12.0 Å². The molecular weight excluding hydrogens is 170 g/mol. The van der Waals surface area contributed by atoms with Gasteiger partial charge in [0.1, 0.15) is 0 Å². The Hall–Kier alpha value is -0.0400. The monoisotopic (exact) mass is 197 g/mol. The number of rotatable bonds is 6. The van der Waals surface area contributed by atoms with Gasteiger partial charge in [0.15, 0.2) is 0 Å². The third-order valence-electron chi connectivity index (χ3n) is 3.65. The summed E-state index contributed by atoms with van der Waals surface area (Å²) in [4.78, 5) is 0. The molecular formula is C13H27N. The number of unbranched alkanes of at least 4 members (excludes halogenated alkanes) is 1. The van der Waals surface area contributed by atoms with Gasteiger partial charge in [0.25, 0.3) is 0 Å². The van der Waals surface area contributed by atoms with Crippen LogP contribution in [0.25, 0.3) is 0 Å². The van der Waals surface area contributed by atoms with Crippen LogP contribution in [0.15, 0.2) is 0 Å². The molecule has 0 aliphatic heterocycles. The zero-order valence-corrected chi connectivity index (χ0v) is 10.2. The van der Waals surface area contributed by atoms with Gasteiger partial charge in [-0.2, -0.15) is 0 Å². The predicted molar refractivity (Wildman–Crippen MR) is 63.5 cm³/mol. The van der Waals surface area contributed by atoms with Crippen LogP contribution in [0.1, 0.15) is 65.7 Å². The first-order chi connectivity index (χ1) is 6.74. The van der Waals surface area contributed by atoms with E-state index in [1.807, 2.05) is 0 Å². The van der Waals surface area contributed by atoms with Crippen LogP contribution in [0.5, 0.6) is 0 Å². The Bertz CT molecular complexity index is 138. The maximum Gasteiger partial charge on any atom is 0.00694 e. The Labute approximate surface area is 89.7 Å². The van der Waals surface area contributed by atoms with Crippen molar-refractivity contribution in [1.82, 2.24) is 5.32 Å². The lowest BCUT2D eigenvalue weighted by Gasteiger charge is -2.24. The van der Waals surface area contributed by atoms with Crippen molar-refractivity contribution < 1.29 is 0 Å². The van der Waals surface area contributed by atoms with E-state index in [1.54, 1.807) is 0 Å². The molecule has 1 rings (SSSR count). The van der Waals surface area contributed by atoms with E-state index in [0.29, 0.717) is 6.04 Å².